The first-order valence-corrected chi connectivity index (χ1v) is 6.51. The van der Waals surface area contributed by atoms with Gasteiger partial charge < -0.3 is 14.6 Å². The summed E-state index contributed by atoms with van der Waals surface area (Å²) in [5, 5.41) is 9.56. The first-order valence-electron chi connectivity index (χ1n) is 6.14. The molecular weight excluding hydrogens is 268 g/mol. The molecule has 0 atom stereocenters. The van der Waals surface area contributed by atoms with Crippen LogP contribution in [0, 0.1) is 6.92 Å². The summed E-state index contributed by atoms with van der Waals surface area (Å²) in [7, 11) is 0. The summed E-state index contributed by atoms with van der Waals surface area (Å²) in [6, 6.07) is 1.80. The van der Waals surface area contributed by atoms with Crippen molar-refractivity contribution in [1.29, 1.82) is 0 Å². The maximum absolute atomic E-state index is 11.0. The van der Waals surface area contributed by atoms with Crippen LogP contribution in [0.25, 0.3) is 0 Å². The summed E-state index contributed by atoms with van der Waals surface area (Å²) in [5.74, 6) is 0.446. The molecule has 1 aliphatic rings. The molecule has 1 heterocycles. The monoisotopic (exact) mass is 284 g/mol. The van der Waals surface area contributed by atoms with E-state index < -0.39 is 11.4 Å². The van der Waals surface area contributed by atoms with Gasteiger partial charge in [-0.15, -0.1) is 0 Å². The number of rotatable bonds is 3. The molecule has 2 rings (SSSR count). The number of aliphatic carboxylic acids is 1. The fourth-order valence-corrected chi connectivity index (χ4v) is 2.69. The highest BCUT2D eigenvalue weighted by molar-refractivity contribution is 6.32. The molecule has 1 aliphatic heterocycles. The van der Waals surface area contributed by atoms with Crippen molar-refractivity contribution < 1.29 is 19.4 Å². The van der Waals surface area contributed by atoms with E-state index in [0.29, 0.717) is 29.7 Å². The molecule has 0 bridgehead atoms. The minimum absolute atomic E-state index is 0.00576. The van der Waals surface area contributed by atoms with Crippen LogP contribution in [0.15, 0.2) is 6.07 Å². The van der Waals surface area contributed by atoms with E-state index in [1.54, 1.807) is 6.07 Å². The number of hydrogen-bond acceptors (Lipinski definition) is 3. The van der Waals surface area contributed by atoms with Gasteiger partial charge in [-0.05, 0) is 18.6 Å². The molecule has 0 fully saturated rings. The number of fused-ring (bicyclic) bond motifs is 1. The highest BCUT2D eigenvalue weighted by Gasteiger charge is 2.30. The minimum Gasteiger partial charge on any atom is -0.486 e. The van der Waals surface area contributed by atoms with Crippen molar-refractivity contribution in [3.63, 3.8) is 0 Å². The molecule has 0 saturated carbocycles. The molecule has 0 amide bonds. The SMILES string of the molecule is Cc1c(Cl)c(C(C)(C)CC(=O)O)cc2c1OCCO2. The molecule has 104 valence electrons. The fourth-order valence-electron chi connectivity index (χ4n) is 2.29. The molecule has 1 N–H and O–H groups in total. The molecule has 4 nitrogen and oxygen atoms in total. The smallest absolute Gasteiger partial charge is 0.304 e. The topological polar surface area (TPSA) is 55.8 Å². The largest absolute Gasteiger partial charge is 0.486 e. The lowest BCUT2D eigenvalue weighted by atomic mass is 9.80. The first-order chi connectivity index (χ1) is 8.83. The zero-order chi connectivity index (χ0) is 14.2. The minimum atomic E-state index is -0.853. The second-order valence-corrected chi connectivity index (χ2v) is 5.72. The molecule has 0 saturated heterocycles. The normalized spacial score (nSPS) is 14.3. The number of benzene rings is 1. The molecular formula is C14H17ClO4. The van der Waals surface area contributed by atoms with Crippen LogP contribution >= 0.6 is 11.6 Å². The second-order valence-electron chi connectivity index (χ2n) is 5.34. The quantitative estimate of drug-likeness (QED) is 0.926. The fraction of sp³-hybridized carbons (Fsp3) is 0.500. The number of carboxylic acid groups (broad SMARTS) is 1. The molecule has 0 aromatic heterocycles. The van der Waals surface area contributed by atoms with Gasteiger partial charge in [0.05, 0.1) is 11.4 Å². The summed E-state index contributed by atoms with van der Waals surface area (Å²) in [4.78, 5) is 11.0. The van der Waals surface area contributed by atoms with Crippen molar-refractivity contribution in [2.24, 2.45) is 0 Å². The van der Waals surface area contributed by atoms with Gasteiger partial charge in [0, 0.05) is 11.0 Å². The number of ether oxygens (including phenoxy) is 2. The van der Waals surface area contributed by atoms with Gasteiger partial charge in [0.1, 0.15) is 13.2 Å². The van der Waals surface area contributed by atoms with Gasteiger partial charge >= 0.3 is 5.97 Å². The Balaban J connectivity index is 2.52. The Morgan fingerprint density at radius 2 is 2.05 bits per heavy atom. The predicted octanol–water partition coefficient (Wildman–Crippen LogP) is 3.17. The summed E-state index contributed by atoms with van der Waals surface area (Å²) in [5.41, 5.74) is 1.01. The van der Waals surface area contributed by atoms with E-state index in [-0.39, 0.29) is 6.42 Å². The lowest BCUT2D eigenvalue weighted by Gasteiger charge is -2.29. The van der Waals surface area contributed by atoms with Crippen LogP contribution in [-0.2, 0) is 10.2 Å². The molecule has 0 radical (unpaired) electrons. The molecule has 5 heteroatoms. The van der Waals surface area contributed by atoms with E-state index in [9.17, 15) is 4.79 Å². The van der Waals surface area contributed by atoms with Gasteiger partial charge in [-0.3, -0.25) is 4.79 Å². The van der Waals surface area contributed by atoms with Crippen molar-refractivity contribution in [1.82, 2.24) is 0 Å². The highest BCUT2D eigenvalue weighted by Crippen LogP contribution is 2.44. The van der Waals surface area contributed by atoms with Crippen LogP contribution in [-0.4, -0.2) is 24.3 Å². The van der Waals surface area contributed by atoms with Crippen molar-refractivity contribution in [3.05, 3.63) is 22.2 Å². The number of halogens is 1. The van der Waals surface area contributed by atoms with Gasteiger partial charge in [0.25, 0.3) is 0 Å². The van der Waals surface area contributed by atoms with Crippen molar-refractivity contribution >= 4 is 17.6 Å². The Hall–Kier alpha value is -1.42. The average molecular weight is 285 g/mol. The number of carboxylic acids is 1. The first kappa shape index (κ1) is 14.0. The standard InChI is InChI=1S/C14H17ClO4/c1-8-12(15)9(14(2,3)7-11(16)17)6-10-13(8)19-5-4-18-10/h6H,4-5,7H2,1-3H3,(H,16,17). The van der Waals surface area contributed by atoms with Gasteiger partial charge in [-0.1, -0.05) is 25.4 Å². The van der Waals surface area contributed by atoms with E-state index in [2.05, 4.69) is 0 Å². The predicted molar refractivity (Wildman–Crippen MR) is 72.5 cm³/mol. The highest BCUT2D eigenvalue weighted by atomic mass is 35.5. The summed E-state index contributed by atoms with van der Waals surface area (Å²) >= 11 is 6.37. The third-order valence-electron chi connectivity index (χ3n) is 3.32. The summed E-state index contributed by atoms with van der Waals surface area (Å²) in [6.07, 6.45) is 0.00576. The maximum Gasteiger partial charge on any atom is 0.304 e. The molecule has 1 aromatic rings. The van der Waals surface area contributed by atoms with Crippen molar-refractivity contribution in [3.8, 4) is 11.5 Å². The van der Waals surface area contributed by atoms with E-state index >= 15 is 0 Å². The molecule has 19 heavy (non-hydrogen) atoms. The van der Waals surface area contributed by atoms with Crippen LogP contribution in [0.4, 0.5) is 0 Å². The van der Waals surface area contributed by atoms with Crippen LogP contribution in [0.3, 0.4) is 0 Å². The van der Waals surface area contributed by atoms with Gasteiger partial charge in [0.2, 0.25) is 0 Å². The van der Waals surface area contributed by atoms with Gasteiger partial charge in [0.15, 0.2) is 11.5 Å². The summed E-state index contributed by atoms with van der Waals surface area (Å²) < 4.78 is 11.1. The summed E-state index contributed by atoms with van der Waals surface area (Å²) in [6.45, 7) is 6.57. The Morgan fingerprint density at radius 3 is 2.68 bits per heavy atom. The molecule has 0 unspecified atom stereocenters. The Morgan fingerprint density at radius 1 is 1.42 bits per heavy atom. The van der Waals surface area contributed by atoms with Crippen LogP contribution < -0.4 is 9.47 Å². The van der Waals surface area contributed by atoms with Crippen LogP contribution in [0.2, 0.25) is 5.02 Å². The third-order valence-corrected chi connectivity index (χ3v) is 3.80. The second kappa shape index (κ2) is 4.93. The van der Waals surface area contributed by atoms with E-state index in [0.717, 1.165) is 11.1 Å². The van der Waals surface area contributed by atoms with Gasteiger partial charge in [-0.2, -0.15) is 0 Å². The lowest BCUT2D eigenvalue weighted by molar-refractivity contribution is -0.138. The molecule has 1 aromatic carbocycles. The van der Waals surface area contributed by atoms with Crippen LogP contribution in [0.5, 0.6) is 11.5 Å². The average Bonchev–Trinajstić information content (AvgIpc) is 2.32. The Kier molecular flexibility index (Phi) is 3.63. The van der Waals surface area contributed by atoms with E-state index in [4.69, 9.17) is 26.2 Å². The number of carbonyl (C=O) groups is 1. The molecule has 0 spiro atoms. The Labute approximate surface area is 117 Å². The number of hydrogen-bond donors (Lipinski definition) is 1. The van der Waals surface area contributed by atoms with Crippen LogP contribution in [0.1, 0.15) is 31.4 Å². The van der Waals surface area contributed by atoms with E-state index in [1.165, 1.54) is 0 Å². The molecule has 0 aliphatic carbocycles. The zero-order valence-corrected chi connectivity index (χ0v) is 12.0. The maximum atomic E-state index is 11.0. The lowest BCUT2D eigenvalue weighted by Crippen LogP contribution is -2.24. The third kappa shape index (κ3) is 2.63. The Bertz CT molecular complexity index is 523. The zero-order valence-electron chi connectivity index (χ0n) is 11.2. The van der Waals surface area contributed by atoms with Gasteiger partial charge in [-0.25, -0.2) is 0 Å². The van der Waals surface area contributed by atoms with E-state index in [1.807, 2.05) is 20.8 Å². The van der Waals surface area contributed by atoms with Crippen molar-refractivity contribution in [2.75, 3.05) is 13.2 Å². The van der Waals surface area contributed by atoms with Crippen molar-refractivity contribution in [2.45, 2.75) is 32.6 Å².